The molecule has 0 aromatic heterocycles. The molecule has 1 rings (SSSR count). The maximum Gasteiger partial charge on any atom is 0.499 e. The van der Waals surface area contributed by atoms with Crippen molar-refractivity contribution in [3.63, 3.8) is 0 Å². The van der Waals surface area contributed by atoms with Crippen LogP contribution in [-0.4, -0.2) is 40.0 Å². The first-order chi connectivity index (χ1) is 11.6. The van der Waals surface area contributed by atoms with Crippen molar-refractivity contribution in [1.82, 2.24) is 0 Å². The van der Waals surface area contributed by atoms with Crippen LogP contribution in [0.2, 0.25) is 0 Å². The topological polar surface area (TPSA) is 121 Å². The maximum absolute atomic E-state index is 12.7. The van der Waals surface area contributed by atoms with Gasteiger partial charge < -0.3 is 10.7 Å². The minimum Gasteiger partial charge on any atom is -0.321 e. The third kappa shape index (κ3) is 4.14. The van der Waals surface area contributed by atoms with Crippen molar-refractivity contribution in [1.29, 1.82) is 5.41 Å². The second-order valence-corrected chi connectivity index (χ2v) is 8.92. The van der Waals surface area contributed by atoms with E-state index in [1.165, 1.54) is 0 Å². The zero-order valence-corrected chi connectivity index (χ0v) is 13.7. The molecular formula is C11H8F6N2O5S2. The van der Waals surface area contributed by atoms with Crippen LogP contribution >= 0.6 is 0 Å². The first-order valence-electron chi connectivity index (χ1n) is 6.07. The third-order valence-corrected chi connectivity index (χ3v) is 7.27. The Hall–Kier alpha value is -2.16. The zero-order chi connectivity index (χ0) is 20.6. The summed E-state index contributed by atoms with van der Waals surface area (Å²) in [4.78, 5) is 10.9. The van der Waals surface area contributed by atoms with E-state index >= 15 is 0 Å². The molecule has 26 heavy (non-hydrogen) atoms. The summed E-state index contributed by atoms with van der Waals surface area (Å²) >= 11 is 0. The van der Waals surface area contributed by atoms with Gasteiger partial charge in [-0.1, -0.05) is 12.1 Å². The number of hydrogen-bond acceptors (Lipinski definition) is 6. The van der Waals surface area contributed by atoms with Crippen LogP contribution in [0, 0.1) is 5.41 Å². The van der Waals surface area contributed by atoms with E-state index in [2.05, 4.69) is 0 Å². The summed E-state index contributed by atoms with van der Waals surface area (Å²) in [6.07, 6.45) is 0.305. The van der Waals surface area contributed by atoms with Crippen LogP contribution in [0.5, 0.6) is 0 Å². The molecule has 0 radical (unpaired) electrons. The molecule has 0 spiro atoms. The fraction of sp³-hybridized carbons (Fsp3) is 0.273. The van der Waals surface area contributed by atoms with Gasteiger partial charge in [-0.2, -0.15) is 26.3 Å². The lowest BCUT2D eigenvalue weighted by molar-refractivity contribution is -0.110. The van der Waals surface area contributed by atoms with E-state index in [1.807, 2.05) is 5.32 Å². The number of halogens is 6. The molecule has 146 valence electrons. The normalized spacial score (nSPS) is 13.5. The number of benzene rings is 1. The molecule has 1 aromatic rings. The van der Waals surface area contributed by atoms with Gasteiger partial charge in [-0.15, -0.1) is 0 Å². The molecular weight excluding hydrogens is 418 g/mol. The van der Waals surface area contributed by atoms with E-state index < -0.39 is 46.7 Å². The molecule has 0 saturated heterocycles. The molecule has 1 amide bonds. The van der Waals surface area contributed by atoms with Crippen molar-refractivity contribution in [2.75, 3.05) is 5.32 Å². The Morgan fingerprint density at radius 2 is 1.31 bits per heavy atom. The van der Waals surface area contributed by atoms with Crippen LogP contribution in [-0.2, 0) is 24.5 Å². The van der Waals surface area contributed by atoms with Crippen molar-refractivity contribution in [2.45, 2.75) is 15.6 Å². The Balaban J connectivity index is 3.59. The monoisotopic (exact) mass is 426 g/mol. The smallest absolute Gasteiger partial charge is 0.321 e. The van der Waals surface area contributed by atoms with E-state index in [-0.39, 0.29) is 5.69 Å². The van der Waals surface area contributed by atoms with Gasteiger partial charge in [0.2, 0.25) is 4.58 Å². The van der Waals surface area contributed by atoms with E-state index in [1.54, 1.807) is 0 Å². The van der Waals surface area contributed by atoms with Crippen LogP contribution in [0.4, 0.5) is 32.0 Å². The molecule has 0 aliphatic carbocycles. The number of alkyl halides is 6. The zero-order valence-electron chi connectivity index (χ0n) is 12.1. The van der Waals surface area contributed by atoms with Crippen molar-refractivity contribution >= 4 is 37.5 Å². The lowest BCUT2D eigenvalue weighted by Gasteiger charge is -2.21. The minimum atomic E-state index is -6.80. The number of hydrogen-bond donors (Lipinski definition) is 2. The Kier molecular flexibility index (Phi) is 5.78. The van der Waals surface area contributed by atoms with Crippen LogP contribution in [0.1, 0.15) is 10.1 Å². The summed E-state index contributed by atoms with van der Waals surface area (Å²) < 4.78 is 118. The predicted octanol–water partition coefficient (Wildman–Crippen LogP) is 2.14. The van der Waals surface area contributed by atoms with Crippen LogP contribution < -0.4 is 5.32 Å². The highest BCUT2D eigenvalue weighted by molar-refractivity contribution is 8.09. The van der Waals surface area contributed by atoms with Crippen LogP contribution in [0.3, 0.4) is 0 Å². The largest absolute Gasteiger partial charge is 0.499 e. The molecule has 0 saturated carbocycles. The van der Waals surface area contributed by atoms with Crippen molar-refractivity contribution in [2.24, 2.45) is 0 Å². The summed E-state index contributed by atoms with van der Waals surface area (Å²) in [6, 6.07) is 2.11. The van der Waals surface area contributed by atoms with Gasteiger partial charge in [0.1, 0.15) is 0 Å². The number of carbonyl (C=O) groups excluding carboxylic acids is 1. The van der Waals surface area contributed by atoms with Gasteiger partial charge in [-0.25, -0.2) is 16.8 Å². The van der Waals surface area contributed by atoms with Gasteiger partial charge >= 0.3 is 11.0 Å². The van der Waals surface area contributed by atoms with E-state index in [0.717, 1.165) is 0 Å². The van der Waals surface area contributed by atoms with Crippen LogP contribution in [0.25, 0.3) is 0 Å². The highest BCUT2D eigenvalue weighted by atomic mass is 32.3. The standard InChI is InChI=1S/C11H8F6N2O5S2/c12-10(13,14)25(21,22)9(26(23,24)11(15,16)17)6-1-3-7(4-2-6)19-8(20)5-18/h1-5,9,18H,(H,19,20). The maximum atomic E-state index is 12.7. The minimum absolute atomic E-state index is 0.227. The lowest BCUT2D eigenvalue weighted by Crippen LogP contribution is -2.39. The summed E-state index contributed by atoms with van der Waals surface area (Å²) in [5, 5.41) is 8.59. The van der Waals surface area contributed by atoms with E-state index in [0.29, 0.717) is 30.5 Å². The number of amides is 1. The van der Waals surface area contributed by atoms with Gasteiger partial charge in [0.25, 0.3) is 25.6 Å². The number of sulfone groups is 2. The van der Waals surface area contributed by atoms with Gasteiger partial charge in [0.05, 0.1) is 6.21 Å². The Morgan fingerprint density at radius 1 is 0.923 bits per heavy atom. The summed E-state index contributed by atoms with van der Waals surface area (Å²) in [5.74, 6) is -1.000. The molecule has 0 fully saturated rings. The Morgan fingerprint density at radius 3 is 1.62 bits per heavy atom. The Bertz CT molecular complexity index is 860. The predicted molar refractivity (Wildman–Crippen MR) is 76.5 cm³/mol. The molecule has 1 aromatic carbocycles. The van der Waals surface area contributed by atoms with Gasteiger partial charge in [0, 0.05) is 5.69 Å². The molecule has 0 aliphatic rings. The number of rotatable bonds is 5. The molecule has 2 N–H and O–H groups in total. The van der Waals surface area contributed by atoms with Gasteiger partial charge in [-0.05, 0) is 17.7 Å². The van der Waals surface area contributed by atoms with Crippen molar-refractivity contribution in [3.05, 3.63) is 29.8 Å². The van der Waals surface area contributed by atoms with E-state index in [4.69, 9.17) is 5.41 Å². The van der Waals surface area contributed by atoms with Crippen molar-refractivity contribution in [3.8, 4) is 0 Å². The molecule has 0 atom stereocenters. The number of anilines is 1. The summed E-state index contributed by atoms with van der Waals surface area (Å²) in [7, 11) is -13.6. The molecule has 0 aliphatic heterocycles. The summed E-state index contributed by atoms with van der Waals surface area (Å²) in [5.41, 5.74) is -14.1. The molecule has 7 nitrogen and oxygen atoms in total. The fourth-order valence-corrected chi connectivity index (χ4v) is 5.17. The SMILES string of the molecule is N=CC(=O)Nc1ccc(C(S(=O)(=O)C(F)(F)F)S(=O)(=O)C(F)(F)F)cc1. The quantitative estimate of drug-likeness (QED) is 0.552. The second kappa shape index (κ2) is 6.86. The Labute approximate surface area is 142 Å². The second-order valence-electron chi connectivity index (χ2n) is 4.57. The molecule has 0 unspecified atom stereocenters. The van der Waals surface area contributed by atoms with Gasteiger partial charge in [0.15, 0.2) is 0 Å². The fourth-order valence-electron chi connectivity index (χ4n) is 1.67. The van der Waals surface area contributed by atoms with E-state index in [9.17, 15) is 48.0 Å². The highest BCUT2D eigenvalue weighted by Crippen LogP contribution is 2.44. The molecule has 0 heterocycles. The molecule has 0 bridgehead atoms. The highest BCUT2D eigenvalue weighted by Gasteiger charge is 2.63. The average molecular weight is 426 g/mol. The number of carbonyl (C=O) groups is 1. The molecule has 15 heteroatoms. The first-order valence-corrected chi connectivity index (χ1v) is 9.16. The first kappa shape index (κ1) is 21.9. The van der Waals surface area contributed by atoms with Gasteiger partial charge in [-0.3, -0.25) is 4.79 Å². The third-order valence-electron chi connectivity index (χ3n) is 2.79. The summed E-state index contributed by atoms with van der Waals surface area (Å²) in [6.45, 7) is 0. The average Bonchev–Trinajstić information content (AvgIpc) is 2.46. The number of nitrogens with one attached hydrogen (secondary N) is 2. The van der Waals surface area contributed by atoms with Crippen LogP contribution in [0.15, 0.2) is 24.3 Å². The van der Waals surface area contributed by atoms with Crippen molar-refractivity contribution < 1.29 is 48.0 Å². The lowest BCUT2D eigenvalue weighted by atomic mass is 10.2.